The third-order valence-corrected chi connectivity index (χ3v) is 5.05. The van der Waals surface area contributed by atoms with Gasteiger partial charge in [-0.3, -0.25) is 0 Å². The van der Waals surface area contributed by atoms with Crippen molar-refractivity contribution in [1.29, 1.82) is 0 Å². The van der Waals surface area contributed by atoms with Gasteiger partial charge in [-0.15, -0.1) is 0 Å². The summed E-state index contributed by atoms with van der Waals surface area (Å²) in [6.07, 6.45) is 1.60. The van der Waals surface area contributed by atoms with Crippen molar-refractivity contribution in [3.63, 3.8) is 0 Å². The molecule has 0 saturated carbocycles. The number of nitrogens with zero attached hydrogens (tertiary/aromatic N) is 1. The standard InChI is InChI=1S/C15H7Cl4FN2S/c16-7-1-2-13(11(19)3-7)22-15-21-6-14(23-15)8-4-12(20)10(18)5-9(8)17/h1-6H,(H,21,22). The number of hydrogen-bond donors (Lipinski definition) is 1. The van der Waals surface area contributed by atoms with Gasteiger partial charge in [0.05, 0.1) is 25.6 Å². The number of halogens is 5. The van der Waals surface area contributed by atoms with Crippen LogP contribution in [0, 0.1) is 5.82 Å². The van der Waals surface area contributed by atoms with E-state index in [-0.39, 0.29) is 5.02 Å². The van der Waals surface area contributed by atoms with Gasteiger partial charge in [-0.05, 0) is 30.3 Å². The number of nitrogens with one attached hydrogen (secondary N) is 1. The Balaban J connectivity index is 1.90. The molecule has 23 heavy (non-hydrogen) atoms. The van der Waals surface area contributed by atoms with Crippen LogP contribution in [0.5, 0.6) is 0 Å². The molecule has 0 aliphatic heterocycles. The van der Waals surface area contributed by atoms with Crippen LogP contribution in [0.15, 0.2) is 36.5 Å². The predicted molar refractivity (Wildman–Crippen MR) is 97.3 cm³/mol. The van der Waals surface area contributed by atoms with Crippen LogP contribution in [0.1, 0.15) is 0 Å². The monoisotopic (exact) mass is 406 g/mol. The lowest BCUT2D eigenvalue weighted by atomic mass is 10.2. The Labute approximate surface area is 155 Å². The molecule has 2 nitrogen and oxygen atoms in total. The fraction of sp³-hybridized carbons (Fsp3) is 0. The van der Waals surface area contributed by atoms with E-state index >= 15 is 0 Å². The lowest BCUT2D eigenvalue weighted by Gasteiger charge is -2.05. The Hall–Kier alpha value is -1.04. The SMILES string of the molecule is Fc1cc(-c2cnc(Nc3ccc(Cl)cc3Cl)s2)c(Cl)cc1Cl. The third-order valence-electron chi connectivity index (χ3n) is 2.95. The van der Waals surface area contributed by atoms with Crippen molar-refractivity contribution in [2.75, 3.05) is 5.32 Å². The Kier molecular flexibility index (Phi) is 4.99. The van der Waals surface area contributed by atoms with E-state index in [2.05, 4.69) is 10.3 Å². The minimum atomic E-state index is -0.533. The van der Waals surface area contributed by atoms with Gasteiger partial charge in [0.15, 0.2) is 5.13 Å². The van der Waals surface area contributed by atoms with E-state index in [1.165, 1.54) is 23.5 Å². The van der Waals surface area contributed by atoms with Crippen LogP contribution in [0.4, 0.5) is 15.2 Å². The maximum atomic E-state index is 13.6. The van der Waals surface area contributed by atoms with Crippen LogP contribution in [-0.4, -0.2) is 4.98 Å². The molecule has 3 aromatic rings. The minimum Gasteiger partial charge on any atom is -0.330 e. The summed E-state index contributed by atoms with van der Waals surface area (Å²) < 4.78 is 13.6. The maximum absolute atomic E-state index is 13.6. The smallest absolute Gasteiger partial charge is 0.187 e. The molecule has 118 valence electrons. The number of hydrogen-bond acceptors (Lipinski definition) is 3. The van der Waals surface area contributed by atoms with Gasteiger partial charge < -0.3 is 5.32 Å². The van der Waals surface area contributed by atoms with E-state index in [9.17, 15) is 4.39 Å². The van der Waals surface area contributed by atoms with Crippen molar-refractivity contribution in [2.45, 2.75) is 0 Å². The zero-order valence-corrected chi connectivity index (χ0v) is 15.0. The zero-order valence-electron chi connectivity index (χ0n) is 11.2. The van der Waals surface area contributed by atoms with Gasteiger partial charge in [0.1, 0.15) is 5.82 Å². The molecule has 0 fully saturated rings. The summed E-state index contributed by atoms with van der Waals surface area (Å²) in [5, 5.41) is 5.04. The highest BCUT2D eigenvalue weighted by molar-refractivity contribution is 7.19. The summed E-state index contributed by atoms with van der Waals surface area (Å²) in [4.78, 5) is 4.95. The predicted octanol–water partition coefficient (Wildman–Crippen LogP) is 7.31. The fourth-order valence-electron chi connectivity index (χ4n) is 1.87. The number of anilines is 2. The van der Waals surface area contributed by atoms with Gasteiger partial charge >= 0.3 is 0 Å². The highest BCUT2D eigenvalue weighted by Gasteiger charge is 2.13. The molecule has 3 rings (SSSR count). The molecule has 0 bridgehead atoms. The van der Waals surface area contributed by atoms with Gasteiger partial charge in [0.25, 0.3) is 0 Å². The molecule has 0 amide bonds. The number of thiazole rings is 1. The molecule has 1 aromatic heterocycles. The molecule has 2 aromatic carbocycles. The highest BCUT2D eigenvalue weighted by atomic mass is 35.5. The normalized spacial score (nSPS) is 10.8. The van der Waals surface area contributed by atoms with Crippen molar-refractivity contribution in [3.8, 4) is 10.4 Å². The second-order valence-corrected chi connectivity index (χ2v) is 7.21. The highest BCUT2D eigenvalue weighted by Crippen LogP contribution is 2.38. The van der Waals surface area contributed by atoms with Crippen molar-refractivity contribution < 1.29 is 4.39 Å². The van der Waals surface area contributed by atoms with Gasteiger partial charge in [-0.25, -0.2) is 9.37 Å². The lowest BCUT2D eigenvalue weighted by Crippen LogP contribution is -1.89. The average Bonchev–Trinajstić information content (AvgIpc) is 2.94. The van der Waals surface area contributed by atoms with Gasteiger partial charge in [-0.1, -0.05) is 57.7 Å². The molecule has 0 saturated heterocycles. The molecule has 0 aliphatic carbocycles. The summed E-state index contributed by atoms with van der Waals surface area (Å²) in [5.74, 6) is -0.533. The molecule has 8 heteroatoms. The Morgan fingerprint density at radius 3 is 2.48 bits per heavy atom. The molecule has 0 atom stereocenters. The number of benzene rings is 2. The maximum Gasteiger partial charge on any atom is 0.187 e. The average molecular weight is 408 g/mol. The van der Waals surface area contributed by atoms with Crippen molar-refractivity contribution >= 4 is 68.6 Å². The largest absolute Gasteiger partial charge is 0.330 e. The first-order valence-electron chi connectivity index (χ1n) is 6.27. The van der Waals surface area contributed by atoms with Crippen LogP contribution in [0.2, 0.25) is 20.1 Å². The summed E-state index contributed by atoms with van der Waals surface area (Å²) in [6, 6.07) is 7.76. The van der Waals surface area contributed by atoms with E-state index in [4.69, 9.17) is 46.4 Å². The Morgan fingerprint density at radius 1 is 0.957 bits per heavy atom. The molecular weight excluding hydrogens is 401 g/mol. The van der Waals surface area contributed by atoms with E-state index in [1.54, 1.807) is 24.4 Å². The number of rotatable bonds is 3. The van der Waals surface area contributed by atoms with Crippen molar-refractivity contribution in [2.24, 2.45) is 0 Å². The van der Waals surface area contributed by atoms with Crippen molar-refractivity contribution in [1.82, 2.24) is 4.98 Å². The second kappa shape index (κ2) is 6.83. The summed E-state index contributed by atoms with van der Waals surface area (Å²) in [5.41, 5.74) is 1.20. The zero-order chi connectivity index (χ0) is 16.6. The van der Waals surface area contributed by atoms with E-state index in [1.807, 2.05) is 0 Å². The van der Waals surface area contributed by atoms with E-state index < -0.39 is 5.82 Å². The lowest BCUT2D eigenvalue weighted by molar-refractivity contribution is 0.629. The summed E-state index contributed by atoms with van der Waals surface area (Å²) in [6.45, 7) is 0. The molecule has 1 N–H and O–H groups in total. The summed E-state index contributed by atoms with van der Waals surface area (Å²) >= 11 is 25.1. The second-order valence-electron chi connectivity index (χ2n) is 4.52. The third kappa shape index (κ3) is 3.73. The summed E-state index contributed by atoms with van der Waals surface area (Å²) in [7, 11) is 0. The molecule has 0 aliphatic rings. The van der Waals surface area contributed by atoms with Crippen molar-refractivity contribution in [3.05, 3.63) is 62.4 Å². The molecule has 0 unspecified atom stereocenters. The fourth-order valence-corrected chi connectivity index (χ4v) is 3.73. The molecular formula is C15H7Cl4FN2S. The first-order valence-corrected chi connectivity index (χ1v) is 8.59. The van der Waals surface area contributed by atoms with Crippen LogP contribution in [0.25, 0.3) is 10.4 Å². The van der Waals surface area contributed by atoms with Crippen LogP contribution < -0.4 is 5.32 Å². The first-order chi connectivity index (χ1) is 10.9. The Morgan fingerprint density at radius 2 is 1.74 bits per heavy atom. The molecule has 0 radical (unpaired) electrons. The first kappa shape index (κ1) is 16.8. The quantitative estimate of drug-likeness (QED) is 0.460. The van der Waals surface area contributed by atoms with E-state index in [0.29, 0.717) is 36.3 Å². The van der Waals surface area contributed by atoms with Crippen LogP contribution in [-0.2, 0) is 0 Å². The van der Waals surface area contributed by atoms with Gasteiger partial charge in [0, 0.05) is 16.8 Å². The molecule has 1 heterocycles. The molecule has 0 spiro atoms. The van der Waals surface area contributed by atoms with Gasteiger partial charge in [-0.2, -0.15) is 0 Å². The minimum absolute atomic E-state index is 0.0189. The Bertz CT molecular complexity index is 882. The number of aromatic nitrogens is 1. The van der Waals surface area contributed by atoms with Crippen LogP contribution >= 0.6 is 57.7 Å². The topological polar surface area (TPSA) is 24.9 Å². The van der Waals surface area contributed by atoms with Gasteiger partial charge in [0.2, 0.25) is 0 Å². The van der Waals surface area contributed by atoms with E-state index in [0.717, 1.165) is 0 Å². The van der Waals surface area contributed by atoms with Crippen LogP contribution in [0.3, 0.4) is 0 Å².